The Kier molecular flexibility index (Phi) is 4.29. The van der Waals surface area contributed by atoms with Crippen molar-refractivity contribution in [3.8, 4) is 0 Å². The van der Waals surface area contributed by atoms with Gasteiger partial charge >= 0.3 is 0 Å². The third-order valence-corrected chi connectivity index (χ3v) is 3.00. The lowest BCUT2D eigenvalue weighted by Crippen LogP contribution is -2.26. The molecule has 0 atom stereocenters. The topological polar surface area (TPSA) is 53.7 Å². The molecule has 0 aliphatic rings. The van der Waals surface area contributed by atoms with Crippen molar-refractivity contribution in [2.24, 2.45) is 0 Å². The number of aliphatic hydroxyl groups excluding tert-OH is 1. The van der Waals surface area contributed by atoms with E-state index in [0.717, 1.165) is 29.4 Å². The first-order valence-corrected chi connectivity index (χ1v) is 6.40. The maximum Gasteiger partial charge on any atom is 0.234 e. The quantitative estimate of drug-likeness (QED) is 0.796. The van der Waals surface area contributed by atoms with Crippen LogP contribution in [0.3, 0.4) is 0 Å². The molecule has 5 nitrogen and oxygen atoms in total. The molecule has 0 radical (unpaired) electrons. The van der Waals surface area contributed by atoms with Gasteiger partial charge in [-0.15, -0.1) is 6.58 Å². The highest BCUT2D eigenvalue weighted by atomic mass is 16.3. The highest BCUT2D eigenvalue weighted by Gasteiger charge is 2.09. The highest BCUT2D eigenvalue weighted by molar-refractivity contribution is 5.34. The van der Waals surface area contributed by atoms with Crippen LogP contribution < -0.4 is 0 Å². The number of hydrogen-bond donors (Lipinski definition) is 1. The van der Waals surface area contributed by atoms with Gasteiger partial charge in [-0.3, -0.25) is 9.30 Å². The summed E-state index contributed by atoms with van der Waals surface area (Å²) < 4.78 is 1.99. The van der Waals surface area contributed by atoms with E-state index in [0.29, 0.717) is 13.1 Å². The number of hydrogen-bond acceptors (Lipinski definition) is 4. The van der Waals surface area contributed by atoms with Crippen molar-refractivity contribution in [1.82, 2.24) is 19.3 Å². The van der Waals surface area contributed by atoms with Crippen molar-refractivity contribution in [2.45, 2.75) is 20.4 Å². The van der Waals surface area contributed by atoms with E-state index in [4.69, 9.17) is 5.11 Å². The predicted molar refractivity (Wildman–Crippen MR) is 75.0 cm³/mol. The molecule has 5 heteroatoms. The summed E-state index contributed by atoms with van der Waals surface area (Å²) in [5.41, 5.74) is 3.05. The van der Waals surface area contributed by atoms with Crippen LogP contribution in [0.1, 0.15) is 17.1 Å². The minimum Gasteiger partial charge on any atom is -0.395 e. The fraction of sp³-hybridized carbons (Fsp3) is 0.429. The van der Waals surface area contributed by atoms with E-state index >= 15 is 0 Å². The molecular formula is C14H20N4O. The highest BCUT2D eigenvalue weighted by Crippen LogP contribution is 2.10. The van der Waals surface area contributed by atoms with Gasteiger partial charge in [-0.1, -0.05) is 6.08 Å². The van der Waals surface area contributed by atoms with Gasteiger partial charge in [0, 0.05) is 37.2 Å². The number of fused-ring (bicyclic) bond motifs is 1. The van der Waals surface area contributed by atoms with Crippen molar-refractivity contribution in [1.29, 1.82) is 0 Å². The third kappa shape index (κ3) is 3.19. The maximum atomic E-state index is 9.05. The summed E-state index contributed by atoms with van der Waals surface area (Å²) in [6.45, 7) is 9.92. The van der Waals surface area contributed by atoms with Crippen LogP contribution in [0, 0.1) is 13.8 Å². The smallest absolute Gasteiger partial charge is 0.234 e. The predicted octanol–water partition coefficient (Wildman–Crippen LogP) is 1.33. The molecule has 0 spiro atoms. The Bertz CT molecular complexity index is 576. The standard InChI is InChI=1S/C14H20N4O/c1-4-5-17(6-7-19)9-13-10-18-12(3)8-11(2)15-14(18)16-13/h4,8,10,19H,1,5-7,9H2,2-3H3. The molecule has 0 amide bonds. The molecule has 2 aromatic rings. The van der Waals surface area contributed by atoms with Crippen molar-refractivity contribution in [2.75, 3.05) is 19.7 Å². The summed E-state index contributed by atoms with van der Waals surface area (Å²) in [6.07, 6.45) is 3.84. The van der Waals surface area contributed by atoms with Gasteiger partial charge in [-0.05, 0) is 19.9 Å². The number of imidazole rings is 1. The van der Waals surface area contributed by atoms with E-state index in [9.17, 15) is 0 Å². The molecule has 2 heterocycles. The van der Waals surface area contributed by atoms with E-state index in [2.05, 4.69) is 21.4 Å². The summed E-state index contributed by atoms with van der Waals surface area (Å²) in [7, 11) is 0. The zero-order valence-corrected chi connectivity index (χ0v) is 11.5. The average Bonchev–Trinajstić information content (AvgIpc) is 2.72. The van der Waals surface area contributed by atoms with Gasteiger partial charge in [0.1, 0.15) is 0 Å². The summed E-state index contributed by atoms with van der Waals surface area (Å²) in [6, 6.07) is 2.04. The third-order valence-electron chi connectivity index (χ3n) is 3.00. The van der Waals surface area contributed by atoms with Gasteiger partial charge in [-0.2, -0.15) is 0 Å². The van der Waals surface area contributed by atoms with E-state index < -0.39 is 0 Å². The Morgan fingerprint density at radius 1 is 1.42 bits per heavy atom. The first-order valence-electron chi connectivity index (χ1n) is 6.40. The van der Waals surface area contributed by atoms with Crippen LogP contribution in [-0.2, 0) is 6.54 Å². The molecule has 0 saturated heterocycles. The van der Waals surface area contributed by atoms with Crippen molar-refractivity contribution in [3.63, 3.8) is 0 Å². The van der Waals surface area contributed by atoms with E-state index in [-0.39, 0.29) is 6.61 Å². The molecule has 1 N–H and O–H groups in total. The van der Waals surface area contributed by atoms with Crippen LogP contribution in [0.25, 0.3) is 5.78 Å². The lowest BCUT2D eigenvalue weighted by molar-refractivity contribution is 0.202. The van der Waals surface area contributed by atoms with Gasteiger partial charge in [0.25, 0.3) is 0 Å². The fourth-order valence-corrected chi connectivity index (χ4v) is 2.18. The van der Waals surface area contributed by atoms with Crippen LogP contribution in [0.15, 0.2) is 24.9 Å². The van der Waals surface area contributed by atoms with Crippen LogP contribution in [-0.4, -0.2) is 44.1 Å². The second-order valence-electron chi connectivity index (χ2n) is 4.69. The normalized spacial score (nSPS) is 11.4. The van der Waals surface area contributed by atoms with Crippen LogP contribution in [0.5, 0.6) is 0 Å². The number of aryl methyl sites for hydroxylation is 2. The Hall–Kier alpha value is -1.72. The molecule has 0 bridgehead atoms. The maximum absolute atomic E-state index is 9.05. The molecular weight excluding hydrogens is 240 g/mol. The first kappa shape index (κ1) is 13.7. The minimum atomic E-state index is 0.137. The van der Waals surface area contributed by atoms with Crippen molar-refractivity contribution >= 4 is 5.78 Å². The van der Waals surface area contributed by atoms with Gasteiger partial charge in [-0.25, -0.2) is 9.97 Å². The van der Waals surface area contributed by atoms with Crippen LogP contribution in [0.2, 0.25) is 0 Å². The minimum absolute atomic E-state index is 0.137. The van der Waals surface area contributed by atoms with Crippen LogP contribution in [0.4, 0.5) is 0 Å². The lowest BCUT2D eigenvalue weighted by Gasteiger charge is -2.17. The van der Waals surface area contributed by atoms with Crippen molar-refractivity contribution in [3.05, 3.63) is 42.0 Å². The summed E-state index contributed by atoms with van der Waals surface area (Å²) >= 11 is 0. The molecule has 2 rings (SSSR count). The van der Waals surface area contributed by atoms with Gasteiger partial charge in [0.2, 0.25) is 5.78 Å². The number of aliphatic hydroxyl groups is 1. The van der Waals surface area contributed by atoms with E-state index in [1.807, 2.05) is 36.6 Å². The SMILES string of the molecule is C=CCN(CCO)Cc1cn2c(C)cc(C)nc2n1. The molecule has 2 aromatic heterocycles. The summed E-state index contributed by atoms with van der Waals surface area (Å²) in [5, 5.41) is 9.05. The zero-order chi connectivity index (χ0) is 13.8. The van der Waals surface area contributed by atoms with Gasteiger partial charge in [0.15, 0.2) is 0 Å². The fourth-order valence-electron chi connectivity index (χ4n) is 2.18. The number of aromatic nitrogens is 3. The number of rotatable bonds is 6. The molecule has 0 unspecified atom stereocenters. The second kappa shape index (κ2) is 5.95. The largest absolute Gasteiger partial charge is 0.395 e. The van der Waals surface area contributed by atoms with E-state index in [1.54, 1.807) is 0 Å². The molecule has 0 aliphatic heterocycles. The number of nitrogens with zero attached hydrogens (tertiary/aromatic N) is 4. The molecule has 0 saturated carbocycles. The summed E-state index contributed by atoms with van der Waals surface area (Å²) in [4.78, 5) is 11.0. The van der Waals surface area contributed by atoms with Gasteiger partial charge < -0.3 is 5.11 Å². The summed E-state index contributed by atoms with van der Waals surface area (Å²) in [5.74, 6) is 0.732. The van der Waals surface area contributed by atoms with Gasteiger partial charge in [0.05, 0.1) is 12.3 Å². The lowest BCUT2D eigenvalue weighted by atomic mass is 10.3. The molecule has 0 aromatic carbocycles. The molecule has 0 fully saturated rings. The Morgan fingerprint density at radius 2 is 2.21 bits per heavy atom. The monoisotopic (exact) mass is 260 g/mol. The first-order chi connectivity index (χ1) is 9.13. The Balaban J connectivity index is 2.25. The Morgan fingerprint density at radius 3 is 2.89 bits per heavy atom. The van der Waals surface area contributed by atoms with E-state index in [1.165, 1.54) is 0 Å². The molecule has 102 valence electrons. The second-order valence-corrected chi connectivity index (χ2v) is 4.69. The zero-order valence-electron chi connectivity index (χ0n) is 11.5. The van der Waals surface area contributed by atoms with Crippen molar-refractivity contribution < 1.29 is 5.11 Å². The Labute approximate surface area is 113 Å². The van der Waals surface area contributed by atoms with Crippen LogP contribution >= 0.6 is 0 Å². The average molecular weight is 260 g/mol. The molecule has 19 heavy (non-hydrogen) atoms. The molecule has 0 aliphatic carbocycles.